The van der Waals surface area contributed by atoms with Crippen LogP contribution in [0, 0.1) is 6.92 Å². The van der Waals surface area contributed by atoms with Gasteiger partial charge in [-0.15, -0.1) is 0 Å². The van der Waals surface area contributed by atoms with E-state index in [-0.39, 0.29) is 0 Å². The molecule has 2 aromatic carbocycles. The lowest BCUT2D eigenvalue weighted by molar-refractivity contribution is -0.659. The van der Waals surface area contributed by atoms with Crippen LogP contribution in [-0.4, -0.2) is 13.1 Å². The van der Waals surface area contributed by atoms with E-state index in [0.717, 1.165) is 11.8 Å². The van der Waals surface area contributed by atoms with Crippen molar-refractivity contribution in [2.24, 2.45) is 7.05 Å². The number of rotatable bonds is 5. The van der Waals surface area contributed by atoms with E-state index >= 15 is 0 Å². The topological polar surface area (TPSA) is 16.8 Å². The molecule has 2 fully saturated rings. The van der Waals surface area contributed by atoms with Crippen LogP contribution < -0.4 is 15.1 Å². The maximum atomic E-state index is 4.76. The van der Waals surface area contributed by atoms with Gasteiger partial charge in [-0.1, -0.05) is 81.1 Å². The molecule has 202 valence electrons. The summed E-state index contributed by atoms with van der Waals surface area (Å²) in [5.41, 5.74) is 7.60. The molecule has 39 heavy (non-hydrogen) atoms. The Morgan fingerprint density at radius 2 is 1.51 bits per heavy atom. The van der Waals surface area contributed by atoms with E-state index in [4.69, 9.17) is 4.98 Å². The van der Waals surface area contributed by atoms with Gasteiger partial charge in [0.15, 0.2) is 6.20 Å². The van der Waals surface area contributed by atoms with E-state index in [2.05, 4.69) is 86.4 Å². The first-order valence-electron chi connectivity index (χ1n) is 15.4. The van der Waals surface area contributed by atoms with Gasteiger partial charge < -0.3 is 0 Å². The number of hydrogen-bond acceptors (Lipinski definition) is 1. The van der Waals surface area contributed by atoms with Crippen molar-refractivity contribution < 1.29 is 4.57 Å². The van der Waals surface area contributed by atoms with E-state index in [1.165, 1.54) is 102 Å². The predicted molar refractivity (Wildman–Crippen MR) is 168 cm³/mol. The third-order valence-electron chi connectivity index (χ3n) is 10.0. The average Bonchev–Trinajstić information content (AvgIpc) is 2.98. The van der Waals surface area contributed by atoms with Gasteiger partial charge in [-0.25, -0.2) is 4.57 Å². The zero-order chi connectivity index (χ0) is 27.0. The van der Waals surface area contributed by atoms with Gasteiger partial charge in [-0.2, -0.15) is 0 Å². The monoisotopic (exact) mass is 533 g/mol. The van der Waals surface area contributed by atoms with Gasteiger partial charge in [0.05, 0.1) is 10.9 Å². The van der Waals surface area contributed by atoms with Crippen LogP contribution in [-0.2, 0) is 7.05 Å². The van der Waals surface area contributed by atoms with E-state index in [0.29, 0.717) is 0 Å². The highest BCUT2D eigenvalue weighted by Gasteiger charge is 2.30. The second-order valence-electron chi connectivity index (χ2n) is 12.9. The molecule has 0 N–H and O–H groups in total. The molecule has 0 atom stereocenters. The number of benzene rings is 2. The number of fused-ring (bicyclic) bond motifs is 1. The Morgan fingerprint density at radius 1 is 0.795 bits per heavy atom. The molecule has 0 radical (unpaired) electrons. The average molecular weight is 534 g/mol. The van der Waals surface area contributed by atoms with Gasteiger partial charge >= 0.3 is 0 Å². The first-order chi connectivity index (χ1) is 18.9. The zero-order valence-corrected chi connectivity index (χ0v) is 25.5. The predicted octanol–water partition coefficient (Wildman–Crippen LogP) is 7.95. The molecule has 2 saturated carbocycles. The van der Waals surface area contributed by atoms with Crippen LogP contribution in [0.5, 0.6) is 0 Å². The van der Waals surface area contributed by atoms with Crippen molar-refractivity contribution in [3.8, 4) is 11.3 Å². The van der Waals surface area contributed by atoms with E-state index < -0.39 is 8.07 Å². The molecule has 2 aromatic heterocycles. The summed E-state index contributed by atoms with van der Waals surface area (Å²) >= 11 is 0. The van der Waals surface area contributed by atoms with Gasteiger partial charge in [-0.3, -0.25) is 4.98 Å². The minimum absolute atomic E-state index is 0.720. The highest BCUT2D eigenvalue weighted by molar-refractivity contribution is 7.00. The highest BCUT2D eigenvalue weighted by Crippen LogP contribution is 2.42. The Morgan fingerprint density at radius 3 is 2.21 bits per heavy atom. The molecular formula is C36H45N2Si+. The van der Waals surface area contributed by atoms with E-state index in [1.807, 2.05) is 12.3 Å². The Bertz CT molecular complexity index is 1460. The number of hydrogen-bond donors (Lipinski definition) is 0. The Balaban J connectivity index is 1.51. The maximum Gasteiger partial charge on any atom is 0.220 e. The summed E-state index contributed by atoms with van der Waals surface area (Å²) in [5.74, 6) is 1.44. The van der Waals surface area contributed by atoms with Crippen LogP contribution in [0.25, 0.3) is 22.0 Å². The normalized spacial score (nSPS) is 17.5. The number of nitrogens with zero attached hydrogens (tertiary/aromatic N) is 2. The quantitative estimate of drug-likeness (QED) is 0.188. The third-order valence-corrected chi connectivity index (χ3v) is 13.3. The Labute approximate surface area is 236 Å². The van der Waals surface area contributed by atoms with E-state index in [9.17, 15) is 0 Å². The molecule has 3 heteroatoms. The highest BCUT2D eigenvalue weighted by atomic mass is 28.3. The lowest BCUT2D eigenvalue weighted by Gasteiger charge is -2.28. The van der Waals surface area contributed by atoms with Crippen LogP contribution in [0.4, 0.5) is 0 Å². The van der Waals surface area contributed by atoms with Crippen molar-refractivity contribution in [1.82, 2.24) is 4.98 Å². The van der Waals surface area contributed by atoms with Crippen LogP contribution in [0.3, 0.4) is 0 Å². The Hall–Kier alpha value is -2.78. The van der Waals surface area contributed by atoms with Crippen molar-refractivity contribution in [2.45, 2.75) is 96.1 Å². The van der Waals surface area contributed by atoms with Gasteiger partial charge in [0, 0.05) is 17.6 Å². The molecule has 0 spiro atoms. The van der Waals surface area contributed by atoms with Crippen LogP contribution in [0.1, 0.15) is 92.7 Å². The molecule has 0 aliphatic heterocycles. The van der Waals surface area contributed by atoms with Crippen molar-refractivity contribution in [3.05, 3.63) is 83.7 Å². The van der Waals surface area contributed by atoms with Crippen LogP contribution in [0.15, 0.2) is 67.0 Å². The maximum absolute atomic E-state index is 4.76. The fraction of sp³-hybridized carbons (Fsp3) is 0.444. The summed E-state index contributed by atoms with van der Waals surface area (Å²) in [5, 5.41) is 5.41. The molecule has 4 aromatic rings. The minimum Gasteiger partial charge on any atom is -0.266 e. The molecular weight excluding hydrogens is 488 g/mol. The molecule has 2 nitrogen and oxygen atoms in total. The first kappa shape index (κ1) is 26.4. The Kier molecular flexibility index (Phi) is 7.46. The summed E-state index contributed by atoms with van der Waals surface area (Å²) in [6, 6.07) is 21.2. The standard InChI is InChI=1S/C36H45N2Si/c1-26-33(28-15-9-6-10-16-28)24-30(27-13-7-5-8-14-27)25-34(26)36-32-19-18-31(23-29(32)20-22-38(36)2)39(3,4)35-17-11-12-21-37-35/h11-12,17-25,27-28H,5-10,13-16H2,1-4H3/q+1. The molecule has 2 aliphatic carbocycles. The van der Waals surface area contributed by atoms with Gasteiger partial charge in [0.2, 0.25) is 5.69 Å². The van der Waals surface area contributed by atoms with Gasteiger partial charge in [0.1, 0.15) is 15.1 Å². The zero-order valence-electron chi connectivity index (χ0n) is 24.5. The van der Waals surface area contributed by atoms with Crippen LogP contribution >= 0.6 is 0 Å². The molecule has 0 unspecified atom stereocenters. The molecule has 6 rings (SSSR count). The van der Waals surface area contributed by atoms with Gasteiger partial charge in [-0.05, 0) is 90.8 Å². The minimum atomic E-state index is -1.87. The summed E-state index contributed by atoms with van der Waals surface area (Å²) in [4.78, 5) is 4.76. The molecule has 0 bridgehead atoms. The molecule has 2 heterocycles. The van der Waals surface area contributed by atoms with Crippen LogP contribution in [0.2, 0.25) is 13.1 Å². The largest absolute Gasteiger partial charge is 0.266 e. The van der Waals surface area contributed by atoms with Crippen molar-refractivity contribution >= 4 is 29.4 Å². The SMILES string of the molecule is Cc1c(-c2c3ccc([Si](C)(C)c4ccccn4)cc3cc[n+]2C)cc(C2CCCCC2)cc1C1CCCCC1. The summed E-state index contributed by atoms with van der Waals surface area (Å²) in [6.45, 7) is 7.26. The molecule has 0 saturated heterocycles. The lowest BCUT2D eigenvalue weighted by Crippen LogP contribution is -2.54. The smallest absolute Gasteiger partial charge is 0.220 e. The lowest BCUT2D eigenvalue weighted by atomic mass is 9.76. The van der Waals surface area contributed by atoms with Gasteiger partial charge in [0.25, 0.3) is 0 Å². The fourth-order valence-corrected chi connectivity index (χ4v) is 9.71. The van der Waals surface area contributed by atoms with Crippen molar-refractivity contribution in [3.63, 3.8) is 0 Å². The second kappa shape index (κ2) is 11.0. The summed E-state index contributed by atoms with van der Waals surface area (Å²) < 4.78 is 2.38. The number of pyridine rings is 2. The van der Waals surface area contributed by atoms with Crippen molar-refractivity contribution in [1.29, 1.82) is 0 Å². The molecule has 0 amide bonds. The molecule has 2 aliphatic rings. The van der Waals surface area contributed by atoms with Crippen molar-refractivity contribution in [2.75, 3.05) is 0 Å². The number of aromatic nitrogens is 2. The third kappa shape index (κ3) is 5.11. The number of aryl methyl sites for hydroxylation is 1. The summed E-state index contributed by atoms with van der Waals surface area (Å²) in [6.07, 6.45) is 18.0. The second-order valence-corrected chi connectivity index (χ2v) is 17.2. The fourth-order valence-electron chi connectivity index (χ4n) is 7.49. The van der Waals surface area contributed by atoms with E-state index in [1.54, 1.807) is 11.1 Å². The first-order valence-corrected chi connectivity index (χ1v) is 18.4. The summed E-state index contributed by atoms with van der Waals surface area (Å²) in [7, 11) is 0.363.